The van der Waals surface area contributed by atoms with Gasteiger partial charge in [-0.2, -0.15) is 0 Å². The predicted octanol–water partition coefficient (Wildman–Crippen LogP) is 5.16. The van der Waals surface area contributed by atoms with E-state index in [1.165, 1.54) is 21.2 Å². The SMILES string of the molecule is S=c1sc2ccccc2c2c1C1c3ccccc3OCC1CO2. The maximum Gasteiger partial charge on any atom is 0.134 e. The first kappa shape index (κ1) is 13.5. The molecule has 2 atom stereocenters. The number of para-hydroxylation sites is 1. The van der Waals surface area contributed by atoms with Crippen LogP contribution in [-0.4, -0.2) is 13.2 Å². The van der Waals surface area contributed by atoms with E-state index in [-0.39, 0.29) is 5.92 Å². The summed E-state index contributed by atoms with van der Waals surface area (Å²) in [5.74, 6) is 2.56. The Hall–Kier alpha value is -1.91. The molecule has 3 aromatic rings. The molecule has 0 spiro atoms. The standard InChI is InChI=1S/C19H14O2S2/c22-19-17-16-11(9-20-14-7-3-1-5-12(14)16)10-21-18(17)13-6-2-4-8-15(13)23-19/h1-8,11,16H,9-10H2. The Labute approximate surface area is 143 Å². The number of fused-ring (bicyclic) bond motifs is 7. The molecular weight excluding hydrogens is 324 g/mol. The average Bonchev–Trinajstić information content (AvgIpc) is 2.61. The minimum absolute atomic E-state index is 0.275. The summed E-state index contributed by atoms with van der Waals surface area (Å²) >= 11 is 7.44. The van der Waals surface area contributed by atoms with Gasteiger partial charge in [-0.05, 0) is 18.2 Å². The lowest BCUT2D eigenvalue weighted by molar-refractivity contribution is 0.127. The third-order valence-corrected chi connectivity index (χ3v) is 6.18. The maximum atomic E-state index is 6.16. The van der Waals surface area contributed by atoms with Crippen LogP contribution in [-0.2, 0) is 0 Å². The molecule has 0 saturated heterocycles. The summed E-state index contributed by atoms with van der Waals surface area (Å²) in [6.45, 7) is 1.37. The summed E-state index contributed by atoms with van der Waals surface area (Å²) in [6, 6.07) is 16.7. The molecular formula is C19H14O2S2. The lowest BCUT2D eigenvalue weighted by Crippen LogP contribution is -2.35. The summed E-state index contributed by atoms with van der Waals surface area (Å²) in [6.07, 6.45) is 0. The van der Waals surface area contributed by atoms with Crippen LogP contribution in [0.15, 0.2) is 48.5 Å². The number of hydrogen-bond acceptors (Lipinski definition) is 4. The molecule has 1 aromatic heterocycles. The second-order valence-electron chi connectivity index (χ2n) is 6.03. The highest BCUT2D eigenvalue weighted by atomic mass is 32.1. The lowest BCUT2D eigenvalue weighted by atomic mass is 9.78. The van der Waals surface area contributed by atoms with Gasteiger partial charge < -0.3 is 9.47 Å². The highest BCUT2D eigenvalue weighted by molar-refractivity contribution is 7.73. The van der Waals surface area contributed by atoms with Crippen LogP contribution >= 0.6 is 23.6 Å². The van der Waals surface area contributed by atoms with Crippen molar-refractivity contribution in [2.45, 2.75) is 5.92 Å². The molecule has 0 radical (unpaired) electrons. The normalized spacial score (nSPS) is 21.6. The molecule has 0 bridgehead atoms. The van der Waals surface area contributed by atoms with Gasteiger partial charge in [-0.15, -0.1) is 11.3 Å². The van der Waals surface area contributed by atoms with E-state index in [0.717, 1.165) is 15.3 Å². The van der Waals surface area contributed by atoms with Crippen LogP contribution < -0.4 is 9.47 Å². The second-order valence-corrected chi connectivity index (χ2v) is 7.74. The summed E-state index contributed by atoms with van der Waals surface area (Å²) in [5.41, 5.74) is 2.41. The Balaban J connectivity index is 1.84. The van der Waals surface area contributed by atoms with Gasteiger partial charge in [0.25, 0.3) is 0 Å². The summed E-state index contributed by atoms with van der Waals surface area (Å²) in [5, 5.41) is 1.17. The van der Waals surface area contributed by atoms with Crippen LogP contribution in [0, 0.1) is 9.74 Å². The maximum absolute atomic E-state index is 6.16. The van der Waals surface area contributed by atoms with E-state index < -0.39 is 0 Å². The van der Waals surface area contributed by atoms with E-state index in [0.29, 0.717) is 19.1 Å². The van der Waals surface area contributed by atoms with Crippen LogP contribution in [0.3, 0.4) is 0 Å². The molecule has 4 heteroatoms. The number of ether oxygens (including phenoxy) is 2. The van der Waals surface area contributed by atoms with E-state index in [4.69, 9.17) is 21.7 Å². The Morgan fingerprint density at radius 1 is 0.957 bits per heavy atom. The largest absolute Gasteiger partial charge is 0.493 e. The summed E-state index contributed by atoms with van der Waals surface area (Å²) < 4.78 is 14.2. The third-order valence-electron chi connectivity index (χ3n) is 4.73. The zero-order chi connectivity index (χ0) is 15.4. The number of hydrogen-bond donors (Lipinski definition) is 0. The van der Waals surface area contributed by atoms with Crippen molar-refractivity contribution < 1.29 is 9.47 Å². The highest BCUT2D eigenvalue weighted by Gasteiger charge is 2.39. The summed E-state index contributed by atoms with van der Waals surface area (Å²) in [4.78, 5) is 0. The zero-order valence-electron chi connectivity index (χ0n) is 12.3. The van der Waals surface area contributed by atoms with Gasteiger partial charge in [0.1, 0.15) is 11.5 Å². The van der Waals surface area contributed by atoms with Crippen molar-refractivity contribution in [1.29, 1.82) is 0 Å². The minimum Gasteiger partial charge on any atom is -0.493 e. The van der Waals surface area contributed by atoms with Gasteiger partial charge in [0.2, 0.25) is 0 Å². The van der Waals surface area contributed by atoms with Gasteiger partial charge in [-0.1, -0.05) is 42.5 Å². The Morgan fingerprint density at radius 3 is 2.70 bits per heavy atom. The third kappa shape index (κ3) is 1.95. The fourth-order valence-electron chi connectivity index (χ4n) is 3.70. The topological polar surface area (TPSA) is 18.5 Å². The zero-order valence-corrected chi connectivity index (χ0v) is 14.0. The molecule has 0 amide bonds. The molecule has 0 aliphatic carbocycles. The molecule has 0 fully saturated rings. The van der Waals surface area contributed by atoms with Crippen molar-refractivity contribution in [3.05, 3.63) is 63.5 Å². The van der Waals surface area contributed by atoms with E-state index in [2.05, 4.69) is 36.4 Å². The first-order chi connectivity index (χ1) is 11.3. The van der Waals surface area contributed by atoms with Gasteiger partial charge in [-0.3, -0.25) is 0 Å². The molecule has 0 N–H and O–H groups in total. The number of benzene rings is 2. The molecule has 2 aromatic carbocycles. The smallest absolute Gasteiger partial charge is 0.134 e. The first-order valence-electron chi connectivity index (χ1n) is 7.73. The van der Waals surface area contributed by atoms with Crippen LogP contribution in [0.25, 0.3) is 10.1 Å². The molecule has 2 nitrogen and oxygen atoms in total. The average molecular weight is 338 g/mol. The van der Waals surface area contributed by atoms with Gasteiger partial charge in [0.05, 0.1) is 17.0 Å². The molecule has 5 rings (SSSR count). The predicted molar refractivity (Wildman–Crippen MR) is 95.4 cm³/mol. The number of rotatable bonds is 0. The molecule has 23 heavy (non-hydrogen) atoms. The van der Waals surface area contributed by atoms with Crippen LogP contribution in [0.5, 0.6) is 11.5 Å². The first-order valence-corrected chi connectivity index (χ1v) is 8.95. The molecule has 2 aliphatic rings. The van der Waals surface area contributed by atoms with Gasteiger partial charge in [0, 0.05) is 33.0 Å². The summed E-state index contributed by atoms with van der Waals surface area (Å²) in [7, 11) is 0. The van der Waals surface area contributed by atoms with E-state index in [9.17, 15) is 0 Å². The monoisotopic (exact) mass is 338 g/mol. The molecule has 114 valence electrons. The van der Waals surface area contributed by atoms with Crippen molar-refractivity contribution in [3.8, 4) is 11.5 Å². The molecule has 3 heterocycles. The molecule has 0 saturated carbocycles. The molecule has 2 unspecified atom stereocenters. The fraction of sp³-hybridized carbons (Fsp3) is 0.211. The minimum atomic E-state index is 0.275. The Morgan fingerprint density at radius 2 is 1.74 bits per heavy atom. The fourth-order valence-corrected chi connectivity index (χ4v) is 5.14. The van der Waals surface area contributed by atoms with E-state index >= 15 is 0 Å². The van der Waals surface area contributed by atoms with Crippen LogP contribution in [0.2, 0.25) is 0 Å². The van der Waals surface area contributed by atoms with Crippen molar-refractivity contribution in [2.24, 2.45) is 5.92 Å². The van der Waals surface area contributed by atoms with Crippen molar-refractivity contribution in [3.63, 3.8) is 0 Å². The van der Waals surface area contributed by atoms with Gasteiger partial charge in [-0.25, -0.2) is 0 Å². The Kier molecular flexibility index (Phi) is 2.97. The van der Waals surface area contributed by atoms with Crippen LogP contribution in [0.4, 0.5) is 0 Å². The lowest BCUT2D eigenvalue weighted by Gasteiger charge is -2.38. The van der Waals surface area contributed by atoms with Crippen molar-refractivity contribution in [1.82, 2.24) is 0 Å². The Bertz CT molecular complexity index is 977. The van der Waals surface area contributed by atoms with E-state index in [1.807, 2.05) is 12.1 Å². The van der Waals surface area contributed by atoms with Crippen molar-refractivity contribution >= 4 is 33.6 Å². The highest BCUT2D eigenvalue weighted by Crippen LogP contribution is 2.50. The second kappa shape index (κ2) is 5.05. The quantitative estimate of drug-likeness (QED) is 0.527. The van der Waals surface area contributed by atoms with Gasteiger partial charge in [0.15, 0.2) is 0 Å². The van der Waals surface area contributed by atoms with Gasteiger partial charge >= 0.3 is 0 Å². The van der Waals surface area contributed by atoms with E-state index in [1.54, 1.807) is 11.3 Å². The van der Waals surface area contributed by atoms with Crippen LogP contribution in [0.1, 0.15) is 17.0 Å². The molecule has 2 aliphatic heterocycles. The van der Waals surface area contributed by atoms with Crippen molar-refractivity contribution in [2.75, 3.05) is 13.2 Å².